The van der Waals surface area contributed by atoms with Crippen LogP contribution in [0.4, 0.5) is 0 Å². The van der Waals surface area contributed by atoms with Gasteiger partial charge in [0.1, 0.15) is 12.2 Å². The molecule has 0 aromatic rings. The van der Waals surface area contributed by atoms with E-state index in [2.05, 4.69) is 0 Å². The highest BCUT2D eigenvalue weighted by molar-refractivity contribution is 5.25. The molecule has 0 fully saturated rings. The van der Waals surface area contributed by atoms with Crippen LogP contribution < -0.4 is 0 Å². The summed E-state index contributed by atoms with van der Waals surface area (Å²) >= 11 is 0. The molecule has 90 valence electrons. The van der Waals surface area contributed by atoms with Crippen molar-refractivity contribution in [2.45, 2.75) is 19.1 Å². The van der Waals surface area contributed by atoms with Crippen LogP contribution in [0.1, 0.15) is 13.3 Å². The SMILES string of the molecule is CCOC1=C(OC)CC(OC)([N+](=O)[O-])C=C1. The van der Waals surface area contributed by atoms with Crippen LogP contribution in [0.3, 0.4) is 0 Å². The summed E-state index contributed by atoms with van der Waals surface area (Å²) in [5.74, 6) is 0.933. The first-order valence-electron chi connectivity index (χ1n) is 4.88. The molecule has 1 unspecified atom stereocenters. The number of allylic oxidation sites excluding steroid dienone is 1. The van der Waals surface area contributed by atoms with Crippen LogP contribution in [0.15, 0.2) is 23.7 Å². The summed E-state index contributed by atoms with van der Waals surface area (Å²) in [4.78, 5) is 10.5. The van der Waals surface area contributed by atoms with Gasteiger partial charge in [-0.3, -0.25) is 10.1 Å². The molecule has 0 aromatic carbocycles. The van der Waals surface area contributed by atoms with Gasteiger partial charge in [0, 0.05) is 13.2 Å². The van der Waals surface area contributed by atoms with Crippen molar-refractivity contribution in [2.75, 3.05) is 20.8 Å². The molecule has 0 radical (unpaired) electrons. The van der Waals surface area contributed by atoms with E-state index in [9.17, 15) is 10.1 Å². The monoisotopic (exact) mass is 229 g/mol. The Morgan fingerprint density at radius 2 is 2.25 bits per heavy atom. The standard InChI is InChI=1S/C10H15NO5/c1-4-16-8-5-6-10(15-3,11(12)13)7-9(8)14-2/h5-6H,4,7H2,1-3H3. The summed E-state index contributed by atoms with van der Waals surface area (Å²) in [6.45, 7) is 2.31. The molecule has 0 aromatic heterocycles. The molecule has 0 N–H and O–H groups in total. The van der Waals surface area contributed by atoms with Gasteiger partial charge in [0.25, 0.3) is 0 Å². The largest absolute Gasteiger partial charge is 0.497 e. The highest BCUT2D eigenvalue weighted by Gasteiger charge is 2.45. The maximum Gasteiger partial charge on any atom is 0.351 e. The van der Waals surface area contributed by atoms with Crippen LogP contribution in [0.5, 0.6) is 0 Å². The number of ether oxygens (including phenoxy) is 3. The molecule has 1 rings (SSSR count). The summed E-state index contributed by atoms with van der Waals surface area (Å²) in [7, 11) is 2.75. The molecule has 0 aliphatic heterocycles. The van der Waals surface area contributed by atoms with E-state index >= 15 is 0 Å². The van der Waals surface area contributed by atoms with Gasteiger partial charge in [-0.1, -0.05) is 0 Å². The van der Waals surface area contributed by atoms with Crippen molar-refractivity contribution < 1.29 is 19.1 Å². The van der Waals surface area contributed by atoms with Gasteiger partial charge in [0.2, 0.25) is 0 Å². The van der Waals surface area contributed by atoms with E-state index in [1.165, 1.54) is 26.4 Å². The highest BCUT2D eigenvalue weighted by atomic mass is 16.7. The van der Waals surface area contributed by atoms with Gasteiger partial charge in [0.05, 0.1) is 18.6 Å². The predicted molar refractivity (Wildman–Crippen MR) is 56.2 cm³/mol. The lowest BCUT2D eigenvalue weighted by Gasteiger charge is -2.25. The summed E-state index contributed by atoms with van der Waals surface area (Å²) in [6, 6.07) is 0. The van der Waals surface area contributed by atoms with Crippen molar-refractivity contribution in [1.82, 2.24) is 0 Å². The lowest BCUT2D eigenvalue weighted by atomic mass is 10.0. The summed E-state index contributed by atoms with van der Waals surface area (Å²) in [6.07, 6.45) is 2.91. The first kappa shape index (κ1) is 12.5. The fourth-order valence-electron chi connectivity index (χ4n) is 1.47. The van der Waals surface area contributed by atoms with Crippen LogP contribution in [0.25, 0.3) is 0 Å². The minimum Gasteiger partial charge on any atom is -0.497 e. The molecule has 6 heteroatoms. The van der Waals surface area contributed by atoms with Gasteiger partial charge in [-0.15, -0.1) is 0 Å². The molecular weight excluding hydrogens is 214 g/mol. The molecule has 0 amide bonds. The zero-order valence-electron chi connectivity index (χ0n) is 9.56. The van der Waals surface area contributed by atoms with Gasteiger partial charge in [-0.2, -0.15) is 0 Å². The number of rotatable bonds is 5. The molecule has 0 saturated heterocycles. The van der Waals surface area contributed by atoms with Crippen LogP contribution >= 0.6 is 0 Å². The topological polar surface area (TPSA) is 70.8 Å². The first-order valence-corrected chi connectivity index (χ1v) is 4.88. The van der Waals surface area contributed by atoms with E-state index in [1.807, 2.05) is 6.92 Å². The van der Waals surface area contributed by atoms with Crippen LogP contribution in [0.2, 0.25) is 0 Å². The van der Waals surface area contributed by atoms with Gasteiger partial charge < -0.3 is 14.2 Å². The Balaban J connectivity index is 2.98. The molecule has 16 heavy (non-hydrogen) atoms. The van der Waals surface area contributed by atoms with E-state index in [-0.39, 0.29) is 6.42 Å². The quantitative estimate of drug-likeness (QED) is 0.405. The molecule has 0 bridgehead atoms. The third-order valence-corrected chi connectivity index (χ3v) is 2.39. The minimum atomic E-state index is -1.55. The Bertz CT molecular complexity index is 336. The van der Waals surface area contributed by atoms with E-state index < -0.39 is 10.6 Å². The Morgan fingerprint density at radius 1 is 1.56 bits per heavy atom. The maximum atomic E-state index is 10.9. The van der Waals surface area contributed by atoms with Crippen molar-refractivity contribution >= 4 is 0 Å². The Hall–Kier alpha value is -1.56. The summed E-state index contributed by atoms with van der Waals surface area (Å²) in [5, 5.41) is 10.9. The van der Waals surface area contributed by atoms with Gasteiger partial charge >= 0.3 is 5.72 Å². The lowest BCUT2D eigenvalue weighted by Crippen LogP contribution is -2.40. The van der Waals surface area contributed by atoms with Crippen molar-refractivity contribution in [3.63, 3.8) is 0 Å². The average Bonchev–Trinajstić information content (AvgIpc) is 2.30. The number of hydrogen-bond donors (Lipinski definition) is 0. The maximum absolute atomic E-state index is 10.9. The van der Waals surface area contributed by atoms with E-state index in [4.69, 9.17) is 14.2 Å². The van der Waals surface area contributed by atoms with E-state index in [0.717, 1.165) is 0 Å². The third kappa shape index (κ3) is 2.16. The van der Waals surface area contributed by atoms with E-state index in [1.54, 1.807) is 0 Å². The fourth-order valence-corrected chi connectivity index (χ4v) is 1.47. The van der Waals surface area contributed by atoms with Gasteiger partial charge in [-0.25, -0.2) is 0 Å². The lowest BCUT2D eigenvalue weighted by molar-refractivity contribution is -0.611. The second-order valence-electron chi connectivity index (χ2n) is 3.24. The van der Waals surface area contributed by atoms with Crippen LogP contribution in [-0.4, -0.2) is 31.5 Å². The Labute approximate surface area is 93.6 Å². The molecular formula is C10H15NO5. The molecule has 1 aliphatic rings. The molecule has 0 spiro atoms. The predicted octanol–water partition coefficient (Wildman–Crippen LogP) is 1.46. The van der Waals surface area contributed by atoms with Gasteiger partial charge in [0.15, 0.2) is 5.76 Å². The molecule has 1 atom stereocenters. The highest BCUT2D eigenvalue weighted by Crippen LogP contribution is 2.31. The van der Waals surface area contributed by atoms with Gasteiger partial charge in [-0.05, 0) is 13.0 Å². The number of nitro groups is 1. The molecule has 0 saturated carbocycles. The first-order chi connectivity index (χ1) is 7.59. The molecule has 1 aliphatic carbocycles. The minimum absolute atomic E-state index is 0.0266. The number of nitrogens with zero attached hydrogens (tertiary/aromatic N) is 1. The van der Waals surface area contributed by atoms with Crippen LogP contribution in [0, 0.1) is 10.1 Å². The van der Waals surface area contributed by atoms with Crippen molar-refractivity contribution in [1.29, 1.82) is 0 Å². The van der Waals surface area contributed by atoms with Crippen LogP contribution in [-0.2, 0) is 14.2 Å². The Kier molecular flexibility index (Phi) is 3.89. The third-order valence-electron chi connectivity index (χ3n) is 2.39. The number of hydrogen-bond acceptors (Lipinski definition) is 5. The normalized spacial score (nSPS) is 24.4. The summed E-state index contributed by atoms with van der Waals surface area (Å²) < 4.78 is 15.3. The van der Waals surface area contributed by atoms with Crippen molar-refractivity contribution in [2.24, 2.45) is 0 Å². The summed E-state index contributed by atoms with van der Waals surface area (Å²) in [5.41, 5.74) is -1.55. The smallest absolute Gasteiger partial charge is 0.351 e. The zero-order chi connectivity index (χ0) is 12.2. The number of methoxy groups -OCH3 is 2. The second-order valence-corrected chi connectivity index (χ2v) is 3.24. The zero-order valence-corrected chi connectivity index (χ0v) is 9.56. The Morgan fingerprint density at radius 3 is 2.69 bits per heavy atom. The second kappa shape index (κ2) is 4.98. The van der Waals surface area contributed by atoms with Crippen molar-refractivity contribution in [3.8, 4) is 0 Å². The fraction of sp³-hybridized carbons (Fsp3) is 0.600. The van der Waals surface area contributed by atoms with E-state index in [0.29, 0.717) is 18.1 Å². The molecule has 0 heterocycles. The van der Waals surface area contributed by atoms with Crippen molar-refractivity contribution in [3.05, 3.63) is 33.8 Å². The molecule has 6 nitrogen and oxygen atoms in total. The average molecular weight is 229 g/mol.